The number of thiophene rings is 1. The van der Waals surface area contributed by atoms with Crippen LogP contribution in [0.5, 0.6) is 0 Å². The number of benzene rings is 2. The fraction of sp³-hybridized carbons (Fsp3) is 0. The molecule has 4 aromatic rings. The van der Waals surface area contributed by atoms with Crippen molar-refractivity contribution in [2.24, 2.45) is 0 Å². The first kappa shape index (κ1) is 17.3. The first-order valence-electron chi connectivity index (χ1n) is 7.91. The van der Waals surface area contributed by atoms with E-state index in [1.807, 2.05) is 5.38 Å². The van der Waals surface area contributed by atoms with E-state index >= 15 is 0 Å². The Bertz CT molecular complexity index is 1140. The summed E-state index contributed by atoms with van der Waals surface area (Å²) in [6.45, 7) is 0. The van der Waals surface area contributed by atoms with Gasteiger partial charge >= 0.3 is 0 Å². The van der Waals surface area contributed by atoms with Crippen molar-refractivity contribution in [2.45, 2.75) is 0 Å². The Balaban J connectivity index is 1.57. The standard InChI is InChI=1S/C19H12FN3O2S2/c20-11-7-8-14-16(10-11)27-19(22-14)23-17(24)12-4-1-2-5-13(12)21-18(25)15-6-3-9-26-15/h1-10H,(H,21,25)(H,22,23,24). The van der Waals surface area contributed by atoms with Gasteiger partial charge in [0, 0.05) is 0 Å². The number of aromatic nitrogens is 1. The zero-order valence-corrected chi connectivity index (χ0v) is 15.4. The predicted octanol–water partition coefficient (Wildman–Crippen LogP) is 5.00. The lowest BCUT2D eigenvalue weighted by Crippen LogP contribution is -2.17. The number of amides is 2. The zero-order valence-electron chi connectivity index (χ0n) is 13.7. The second-order valence-corrected chi connectivity index (χ2v) is 7.54. The number of halogens is 1. The summed E-state index contributed by atoms with van der Waals surface area (Å²) in [7, 11) is 0. The summed E-state index contributed by atoms with van der Waals surface area (Å²) in [5.74, 6) is -1.04. The number of anilines is 2. The lowest BCUT2D eigenvalue weighted by molar-refractivity contribution is 0.102. The molecule has 2 amide bonds. The van der Waals surface area contributed by atoms with Gasteiger partial charge in [0.2, 0.25) is 0 Å². The van der Waals surface area contributed by atoms with E-state index in [9.17, 15) is 14.0 Å². The van der Waals surface area contributed by atoms with Crippen molar-refractivity contribution in [2.75, 3.05) is 10.6 Å². The molecule has 134 valence electrons. The van der Waals surface area contributed by atoms with Crippen molar-refractivity contribution in [3.63, 3.8) is 0 Å². The summed E-state index contributed by atoms with van der Waals surface area (Å²) in [5.41, 5.74) is 1.32. The van der Waals surface area contributed by atoms with E-state index < -0.39 is 5.91 Å². The topological polar surface area (TPSA) is 71.1 Å². The number of hydrogen-bond acceptors (Lipinski definition) is 5. The molecule has 0 fully saturated rings. The van der Waals surface area contributed by atoms with Crippen molar-refractivity contribution in [3.05, 3.63) is 76.2 Å². The van der Waals surface area contributed by atoms with Gasteiger partial charge in [0.1, 0.15) is 5.82 Å². The summed E-state index contributed by atoms with van der Waals surface area (Å²) < 4.78 is 14.0. The average Bonchev–Trinajstić information content (AvgIpc) is 3.31. The first-order chi connectivity index (χ1) is 13.1. The van der Waals surface area contributed by atoms with Gasteiger partial charge in [-0.1, -0.05) is 29.5 Å². The zero-order chi connectivity index (χ0) is 18.8. The molecule has 8 heteroatoms. The van der Waals surface area contributed by atoms with Crippen LogP contribution < -0.4 is 10.6 Å². The smallest absolute Gasteiger partial charge is 0.265 e. The van der Waals surface area contributed by atoms with Crippen molar-refractivity contribution < 1.29 is 14.0 Å². The summed E-state index contributed by atoms with van der Waals surface area (Å²) in [4.78, 5) is 29.8. The van der Waals surface area contributed by atoms with E-state index in [0.717, 1.165) is 0 Å². The van der Waals surface area contributed by atoms with Crippen molar-refractivity contribution in [1.82, 2.24) is 4.98 Å². The highest BCUT2D eigenvalue weighted by Gasteiger charge is 2.16. The number of nitrogens with one attached hydrogen (secondary N) is 2. The van der Waals surface area contributed by atoms with Gasteiger partial charge in [0.25, 0.3) is 11.8 Å². The monoisotopic (exact) mass is 397 g/mol. The van der Waals surface area contributed by atoms with E-state index in [-0.39, 0.29) is 11.7 Å². The molecule has 0 spiro atoms. The van der Waals surface area contributed by atoms with Crippen molar-refractivity contribution in [3.8, 4) is 0 Å². The van der Waals surface area contributed by atoms with Gasteiger partial charge in [-0.3, -0.25) is 14.9 Å². The van der Waals surface area contributed by atoms with E-state index in [4.69, 9.17) is 0 Å². The molecule has 2 aromatic heterocycles. The maximum absolute atomic E-state index is 13.3. The van der Waals surface area contributed by atoms with Crippen LogP contribution in [0.15, 0.2) is 60.0 Å². The molecule has 0 saturated carbocycles. The fourth-order valence-corrected chi connectivity index (χ4v) is 4.00. The van der Waals surface area contributed by atoms with Crippen LogP contribution in [0.2, 0.25) is 0 Å². The largest absolute Gasteiger partial charge is 0.321 e. The summed E-state index contributed by atoms with van der Waals surface area (Å²) in [5, 5.41) is 7.64. The molecule has 0 atom stereocenters. The molecule has 0 radical (unpaired) electrons. The molecule has 0 aliphatic heterocycles. The lowest BCUT2D eigenvalue weighted by atomic mass is 10.1. The van der Waals surface area contributed by atoms with Crippen molar-refractivity contribution >= 4 is 55.5 Å². The molecule has 0 aliphatic carbocycles. The second-order valence-electron chi connectivity index (χ2n) is 5.56. The van der Waals surface area contributed by atoms with Crippen molar-refractivity contribution in [1.29, 1.82) is 0 Å². The normalized spacial score (nSPS) is 10.7. The molecule has 27 heavy (non-hydrogen) atoms. The third kappa shape index (κ3) is 3.71. The third-order valence-corrected chi connectivity index (χ3v) is 5.54. The van der Waals surface area contributed by atoms with Gasteiger partial charge in [-0.15, -0.1) is 11.3 Å². The average molecular weight is 397 g/mol. The van der Waals surface area contributed by atoms with Crippen LogP contribution >= 0.6 is 22.7 Å². The Morgan fingerprint density at radius 2 is 1.81 bits per heavy atom. The first-order valence-corrected chi connectivity index (χ1v) is 9.61. The van der Waals surface area contributed by atoms with Gasteiger partial charge in [0.15, 0.2) is 5.13 Å². The van der Waals surface area contributed by atoms with Gasteiger partial charge in [-0.2, -0.15) is 0 Å². The Kier molecular flexibility index (Phi) is 4.66. The molecular formula is C19H12FN3O2S2. The quantitative estimate of drug-likeness (QED) is 0.509. The Morgan fingerprint density at radius 3 is 2.63 bits per heavy atom. The molecule has 2 heterocycles. The summed E-state index contributed by atoms with van der Waals surface area (Å²) in [6, 6.07) is 14.5. The van der Waals surface area contributed by atoms with Crippen LogP contribution in [0.3, 0.4) is 0 Å². The van der Waals surface area contributed by atoms with Crippen LogP contribution in [0.25, 0.3) is 10.2 Å². The van der Waals surface area contributed by atoms with Gasteiger partial charge in [-0.25, -0.2) is 9.37 Å². The fourth-order valence-electron chi connectivity index (χ4n) is 2.50. The van der Waals surface area contributed by atoms with E-state index in [0.29, 0.717) is 31.5 Å². The molecule has 4 rings (SSSR count). The molecule has 0 aliphatic rings. The Morgan fingerprint density at radius 1 is 0.963 bits per heavy atom. The minimum Gasteiger partial charge on any atom is -0.321 e. The van der Waals surface area contributed by atoms with Crippen LogP contribution in [0.1, 0.15) is 20.0 Å². The number of thiazole rings is 1. The Hall–Kier alpha value is -3.10. The highest BCUT2D eigenvalue weighted by molar-refractivity contribution is 7.22. The number of hydrogen-bond donors (Lipinski definition) is 2. The predicted molar refractivity (Wildman–Crippen MR) is 106 cm³/mol. The van der Waals surface area contributed by atoms with Crippen LogP contribution in [-0.4, -0.2) is 16.8 Å². The molecule has 2 aromatic carbocycles. The molecule has 2 N–H and O–H groups in total. The maximum atomic E-state index is 13.3. The number of fused-ring (bicyclic) bond motifs is 1. The Labute approximate surface area is 161 Å². The highest BCUT2D eigenvalue weighted by Crippen LogP contribution is 2.27. The molecular weight excluding hydrogens is 385 g/mol. The minimum atomic E-state index is -0.406. The lowest BCUT2D eigenvalue weighted by Gasteiger charge is -2.09. The number of carbonyl (C=O) groups is 2. The van der Waals surface area contributed by atoms with Gasteiger partial charge in [-0.05, 0) is 41.8 Å². The molecule has 0 unspecified atom stereocenters. The SMILES string of the molecule is O=C(Nc1ccccc1C(=O)Nc1nc2ccc(F)cc2s1)c1cccs1. The minimum absolute atomic E-state index is 0.277. The van der Waals surface area contributed by atoms with E-state index in [2.05, 4.69) is 15.6 Å². The molecule has 5 nitrogen and oxygen atoms in total. The van der Waals surface area contributed by atoms with Gasteiger partial charge in [0.05, 0.1) is 26.3 Å². The number of nitrogens with zero attached hydrogens (tertiary/aromatic N) is 1. The third-order valence-electron chi connectivity index (χ3n) is 3.74. The molecule has 0 saturated heterocycles. The number of carbonyl (C=O) groups excluding carboxylic acids is 2. The summed E-state index contributed by atoms with van der Waals surface area (Å²) >= 11 is 2.50. The highest BCUT2D eigenvalue weighted by atomic mass is 32.1. The van der Waals surface area contributed by atoms with Crippen LogP contribution in [-0.2, 0) is 0 Å². The number of rotatable bonds is 4. The maximum Gasteiger partial charge on any atom is 0.265 e. The van der Waals surface area contributed by atoms with Gasteiger partial charge < -0.3 is 5.32 Å². The van der Waals surface area contributed by atoms with Crippen LogP contribution in [0, 0.1) is 5.82 Å². The van der Waals surface area contributed by atoms with E-state index in [1.165, 1.54) is 34.8 Å². The summed E-state index contributed by atoms with van der Waals surface area (Å²) in [6.07, 6.45) is 0. The molecule has 0 bridgehead atoms. The second kappa shape index (κ2) is 7.26. The van der Waals surface area contributed by atoms with Crippen LogP contribution in [0.4, 0.5) is 15.2 Å². The van der Waals surface area contributed by atoms with E-state index in [1.54, 1.807) is 42.5 Å². The number of para-hydroxylation sites is 1.